The molecule has 19 heavy (non-hydrogen) atoms. The number of nitrogens with zero attached hydrogens (tertiary/aromatic N) is 2. The number of nitro benzene ring substituents is 1. The predicted molar refractivity (Wildman–Crippen MR) is 72.0 cm³/mol. The van der Waals surface area contributed by atoms with Crippen molar-refractivity contribution in [2.75, 3.05) is 10.6 Å². The van der Waals surface area contributed by atoms with E-state index in [1.54, 1.807) is 6.07 Å². The zero-order valence-electron chi connectivity index (χ0n) is 10.5. The summed E-state index contributed by atoms with van der Waals surface area (Å²) in [6, 6.07) is 5.25. The molecule has 3 N–H and O–H groups in total. The summed E-state index contributed by atoms with van der Waals surface area (Å²) in [5.41, 5.74) is 7.30. The number of piperidine rings is 1. The second-order valence-electron chi connectivity index (χ2n) is 5.42. The molecule has 2 atom stereocenters. The van der Waals surface area contributed by atoms with Crippen molar-refractivity contribution in [2.24, 2.45) is 0 Å². The van der Waals surface area contributed by atoms with Crippen LogP contribution in [0, 0.1) is 10.1 Å². The number of aliphatic hydroxyl groups excluding tert-OH is 1. The van der Waals surface area contributed by atoms with Crippen molar-refractivity contribution in [1.82, 2.24) is 0 Å². The molecule has 2 bridgehead atoms. The quantitative estimate of drug-likeness (QED) is 0.481. The average Bonchev–Trinajstić information content (AvgIpc) is 2.62. The Hall–Kier alpha value is -1.82. The number of aliphatic hydroxyl groups is 1. The maximum atomic E-state index is 10.7. The smallest absolute Gasteiger partial charge is 0.271 e. The molecule has 0 aliphatic carbocycles. The highest BCUT2D eigenvalue weighted by molar-refractivity contribution is 5.72. The number of non-ortho nitro benzene ring substituents is 1. The van der Waals surface area contributed by atoms with E-state index in [9.17, 15) is 15.2 Å². The van der Waals surface area contributed by atoms with Gasteiger partial charge in [-0.3, -0.25) is 10.1 Å². The first-order chi connectivity index (χ1) is 9.06. The predicted octanol–water partition coefficient (Wildman–Crippen LogP) is 1.67. The lowest BCUT2D eigenvalue weighted by Crippen LogP contribution is -2.45. The third-order valence-electron chi connectivity index (χ3n) is 4.21. The molecule has 3 rings (SSSR count). The van der Waals surface area contributed by atoms with Crippen molar-refractivity contribution in [2.45, 2.75) is 43.9 Å². The van der Waals surface area contributed by atoms with Gasteiger partial charge >= 0.3 is 0 Å². The fourth-order valence-corrected chi connectivity index (χ4v) is 3.43. The normalized spacial score (nSPS) is 29.5. The SMILES string of the molecule is Nc1cc([N+](=O)[O-])ccc1N1C2CCC1CC(O)C2. The van der Waals surface area contributed by atoms with E-state index >= 15 is 0 Å². The third kappa shape index (κ3) is 2.02. The molecule has 2 heterocycles. The van der Waals surface area contributed by atoms with Gasteiger partial charge in [-0.05, 0) is 31.7 Å². The number of nitro groups is 1. The molecule has 2 saturated heterocycles. The Morgan fingerprint density at radius 2 is 1.95 bits per heavy atom. The number of benzene rings is 1. The summed E-state index contributed by atoms with van der Waals surface area (Å²) in [5, 5.41) is 20.5. The summed E-state index contributed by atoms with van der Waals surface area (Å²) in [5.74, 6) is 0. The highest BCUT2D eigenvalue weighted by Gasteiger charge is 2.40. The van der Waals surface area contributed by atoms with E-state index in [0.717, 1.165) is 31.4 Å². The van der Waals surface area contributed by atoms with Crippen molar-refractivity contribution >= 4 is 17.1 Å². The maximum absolute atomic E-state index is 10.7. The van der Waals surface area contributed by atoms with Gasteiger partial charge in [-0.1, -0.05) is 0 Å². The summed E-state index contributed by atoms with van der Waals surface area (Å²) in [4.78, 5) is 12.5. The second kappa shape index (κ2) is 4.38. The fourth-order valence-electron chi connectivity index (χ4n) is 3.43. The van der Waals surface area contributed by atoms with E-state index in [0.29, 0.717) is 17.8 Å². The maximum Gasteiger partial charge on any atom is 0.271 e. The molecule has 1 aromatic carbocycles. The summed E-state index contributed by atoms with van der Waals surface area (Å²) >= 11 is 0. The van der Waals surface area contributed by atoms with Gasteiger partial charge in [0.25, 0.3) is 5.69 Å². The first-order valence-corrected chi connectivity index (χ1v) is 6.56. The van der Waals surface area contributed by atoms with Crippen LogP contribution >= 0.6 is 0 Å². The number of hydrogen-bond donors (Lipinski definition) is 2. The zero-order chi connectivity index (χ0) is 13.6. The summed E-state index contributed by atoms with van der Waals surface area (Å²) in [6.45, 7) is 0. The van der Waals surface area contributed by atoms with Crippen LogP contribution in [0.15, 0.2) is 18.2 Å². The molecule has 0 saturated carbocycles. The van der Waals surface area contributed by atoms with E-state index in [1.165, 1.54) is 12.1 Å². The van der Waals surface area contributed by atoms with Gasteiger partial charge in [0.05, 0.1) is 22.4 Å². The Balaban J connectivity index is 1.93. The number of rotatable bonds is 2. The molecule has 1 aromatic rings. The first kappa shape index (κ1) is 12.2. The lowest BCUT2D eigenvalue weighted by atomic mass is 9.98. The third-order valence-corrected chi connectivity index (χ3v) is 4.21. The summed E-state index contributed by atoms with van der Waals surface area (Å²) < 4.78 is 0. The number of anilines is 2. The van der Waals surface area contributed by atoms with E-state index in [4.69, 9.17) is 5.73 Å². The molecule has 2 unspecified atom stereocenters. The molecule has 0 spiro atoms. The molecule has 0 radical (unpaired) electrons. The van der Waals surface area contributed by atoms with Crippen LogP contribution < -0.4 is 10.6 Å². The van der Waals surface area contributed by atoms with Crippen molar-refractivity contribution < 1.29 is 10.0 Å². The highest BCUT2D eigenvalue weighted by Crippen LogP contribution is 2.42. The number of nitrogens with two attached hydrogens (primary N) is 1. The lowest BCUT2D eigenvalue weighted by Gasteiger charge is -2.39. The van der Waals surface area contributed by atoms with E-state index in [-0.39, 0.29) is 11.8 Å². The van der Waals surface area contributed by atoms with Crippen molar-refractivity contribution in [3.63, 3.8) is 0 Å². The lowest BCUT2D eigenvalue weighted by molar-refractivity contribution is -0.384. The molecule has 2 aliphatic heterocycles. The largest absolute Gasteiger partial charge is 0.397 e. The topological polar surface area (TPSA) is 92.6 Å². The van der Waals surface area contributed by atoms with Gasteiger partial charge in [0.15, 0.2) is 0 Å². The van der Waals surface area contributed by atoms with Gasteiger partial charge in [0.2, 0.25) is 0 Å². The van der Waals surface area contributed by atoms with Crippen LogP contribution in [-0.4, -0.2) is 28.2 Å². The Kier molecular flexibility index (Phi) is 2.82. The summed E-state index contributed by atoms with van der Waals surface area (Å²) in [7, 11) is 0. The van der Waals surface area contributed by atoms with E-state index < -0.39 is 4.92 Å². The second-order valence-corrected chi connectivity index (χ2v) is 5.42. The van der Waals surface area contributed by atoms with E-state index in [1.807, 2.05) is 0 Å². The van der Waals surface area contributed by atoms with Crippen LogP contribution in [0.4, 0.5) is 17.1 Å². The molecular weight excluding hydrogens is 246 g/mol. The fraction of sp³-hybridized carbons (Fsp3) is 0.538. The van der Waals surface area contributed by atoms with Gasteiger partial charge < -0.3 is 15.7 Å². The van der Waals surface area contributed by atoms with Crippen molar-refractivity contribution in [3.8, 4) is 0 Å². The molecule has 6 nitrogen and oxygen atoms in total. The Bertz CT molecular complexity index is 506. The Morgan fingerprint density at radius 1 is 1.32 bits per heavy atom. The summed E-state index contributed by atoms with van der Waals surface area (Å²) in [6.07, 6.45) is 3.39. The van der Waals surface area contributed by atoms with Crippen LogP contribution in [0.1, 0.15) is 25.7 Å². The van der Waals surface area contributed by atoms with Gasteiger partial charge in [0, 0.05) is 24.2 Å². The van der Waals surface area contributed by atoms with Crippen LogP contribution in [0.25, 0.3) is 0 Å². The van der Waals surface area contributed by atoms with Crippen LogP contribution in [0.2, 0.25) is 0 Å². The molecule has 0 aromatic heterocycles. The monoisotopic (exact) mass is 263 g/mol. The molecule has 2 fully saturated rings. The zero-order valence-corrected chi connectivity index (χ0v) is 10.5. The molecule has 102 valence electrons. The van der Waals surface area contributed by atoms with Gasteiger partial charge in [-0.15, -0.1) is 0 Å². The molecule has 2 aliphatic rings. The van der Waals surface area contributed by atoms with Crippen LogP contribution in [0.3, 0.4) is 0 Å². The molecular formula is C13H17N3O3. The van der Waals surface area contributed by atoms with Gasteiger partial charge in [-0.25, -0.2) is 0 Å². The van der Waals surface area contributed by atoms with Crippen LogP contribution in [-0.2, 0) is 0 Å². The van der Waals surface area contributed by atoms with Crippen LogP contribution in [0.5, 0.6) is 0 Å². The van der Waals surface area contributed by atoms with Crippen molar-refractivity contribution in [1.29, 1.82) is 0 Å². The minimum atomic E-state index is -0.436. The van der Waals surface area contributed by atoms with Gasteiger partial charge in [-0.2, -0.15) is 0 Å². The molecule has 0 amide bonds. The van der Waals surface area contributed by atoms with E-state index in [2.05, 4.69) is 4.90 Å². The first-order valence-electron chi connectivity index (χ1n) is 6.56. The Labute approximate surface area is 111 Å². The average molecular weight is 263 g/mol. The number of fused-ring (bicyclic) bond motifs is 2. The number of nitrogen functional groups attached to an aromatic ring is 1. The van der Waals surface area contributed by atoms with Crippen molar-refractivity contribution in [3.05, 3.63) is 28.3 Å². The Morgan fingerprint density at radius 3 is 2.47 bits per heavy atom. The minimum Gasteiger partial charge on any atom is -0.397 e. The standard InChI is InChI=1S/C13H17N3O3/c14-12-7-10(16(18)19)3-4-13(12)15-8-1-2-9(15)6-11(17)5-8/h3-4,7-9,11,17H,1-2,5-6,14H2. The highest BCUT2D eigenvalue weighted by atomic mass is 16.6. The molecule has 6 heteroatoms. The number of hydrogen-bond acceptors (Lipinski definition) is 5. The minimum absolute atomic E-state index is 0.0191. The van der Waals surface area contributed by atoms with Gasteiger partial charge in [0.1, 0.15) is 0 Å².